The van der Waals surface area contributed by atoms with Gasteiger partial charge in [-0.1, -0.05) is 6.07 Å². The van der Waals surface area contributed by atoms with Crippen molar-refractivity contribution in [1.82, 2.24) is 15.2 Å². The Morgan fingerprint density at radius 2 is 2.35 bits per heavy atom. The van der Waals surface area contributed by atoms with Crippen LogP contribution in [0.2, 0.25) is 0 Å². The number of amides is 2. The molecule has 2 heterocycles. The highest BCUT2D eigenvalue weighted by molar-refractivity contribution is 7.91. The molecule has 7 heteroatoms. The molecule has 1 saturated heterocycles. The predicted octanol–water partition coefficient (Wildman–Crippen LogP) is 0.453. The summed E-state index contributed by atoms with van der Waals surface area (Å²) in [6, 6.07) is 3.37. The molecule has 110 valence electrons. The number of nitrogens with one attached hydrogen (secondary N) is 1. The van der Waals surface area contributed by atoms with Crippen LogP contribution in [0.15, 0.2) is 24.5 Å². The molecule has 1 atom stereocenters. The van der Waals surface area contributed by atoms with Crippen LogP contribution in [0.5, 0.6) is 0 Å². The van der Waals surface area contributed by atoms with Crippen molar-refractivity contribution in [1.29, 1.82) is 0 Å². The Balaban J connectivity index is 1.77. The second-order valence-electron chi connectivity index (χ2n) is 5.01. The molecule has 0 unspecified atom stereocenters. The van der Waals surface area contributed by atoms with Crippen LogP contribution in [0, 0.1) is 0 Å². The summed E-state index contributed by atoms with van der Waals surface area (Å²) in [5.41, 5.74) is 1.05. The topological polar surface area (TPSA) is 79.4 Å². The monoisotopic (exact) mass is 297 g/mol. The molecular formula is C13H19N3O3S. The SMILES string of the molecule is CN(C(=O)NCCc1cccnc1)[C@@H]1CCS(=O)(=O)C1. The first-order valence-corrected chi connectivity index (χ1v) is 8.40. The van der Waals surface area contributed by atoms with Gasteiger partial charge in [0.15, 0.2) is 9.84 Å². The minimum absolute atomic E-state index is 0.0690. The minimum atomic E-state index is -2.97. The zero-order valence-corrected chi connectivity index (χ0v) is 12.3. The summed E-state index contributed by atoms with van der Waals surface area (Å²) < 4.78 is 22.8. The van der Waals surface area contributed by atoms with Gasteiger partial charge in [-0.05, 0) is 24.5 Å². The summed E-state index contributed by atoms with van der Waals surface area (Å²) in [6.07, 6.45) is 4.70. The van der Waals surface area contributed by atoms with Gasteiger partial charge in [-0.15, -0.1) is 0 Å². The molecule has 1 fully saturated rings. The zero-order chi connectivity index (χ0) is 14.6. The van der Waals surface area contributed by atoms with Gasteiger partial charge in [0.1, 0.15) is 0 Å². The first kappa shape index (κ1) is 14.8. The van der Waals surface area contributed by atoms with Crippen LogP contribution in [-0.2, 0) is 16.3 Å². The third-order valence-corrected chi connectivity index (χ3v) is 5.24. The number of carbonyl (C=O) groups excluding carboxylic acids is 1. The van der Waals surface area contributed by atoms with E-state index in [-0.39, 0.29) is 23.6 Å². The fraction of sp³-hybridized carbons (Fsp3) is 0.538. The van der Waals surface area contributed by atoms with Crippen LogP contribution in [0.4, 0.5) is 4.79 Å². The number of carbonyl (C=O) groups is 1. The number of hydrogen-bond donors (Lipinski definition) is 1. The summed E-state index contributed by atoms with van der Waals surface area (Å²) in [5, 5.41) is 2.80. The Hall–Kier alpha value is -1.63. The standard InChI is InChI=1S/C13H19N3O3S/c1-16(12-5-8-20(18,19)10-12)13(17)15-7-4-11-3-2-6-14-9-11/h2-3,6,9,12H,4-5,7-8,10H2,1H3,(H,15,17)/t12-/m1/s1. The predicted molar refractivity (Wildman–Crippen MR) is 76.2 cm³/mol. The number of sulfone groups is 1. The average Bonchev–Trinajstić information content (AvgIpc) is 2.79. The van der Waals surface area contributed by atoms with E-state index in [1.54, 1.807) is 19.4 Å². The van der Waals surface area contributed by atoms with Gasteiger partial charge in [0.05, 0.1) is 11.5 Å². The highest BCUT2D eigenvalue weighted by atomic mass is 32.2. The molecule has 1 aromatic rings. The molecule has 0 radical (unpaired) electrons. The van der Waals surface area contributed by atoms with Gasteiger partial charge in [-0.25, -0.2) is 13.2 Å². The van der Waals surface area contributed by atoms with E-state index >= 15 is 0 Å². The third-order valence-electron chi connectivity index (χ3n) is 3.49. The zero-order valence-electron chi connectivity index (χ0n) is 11.4. The maximum Gasteiger partial charge on any atom is 0.317 e. The van der Waals surface area contributed by atoms with E-state index in [1.807, 2.05) is 12.1 Å². The Bertz CT molecular complexity index is 559. The Morgan fingerprint density at radius 1 is 1.55 bits per heavy atom. The molecule has 20 heavy (non-hydrogen) atoms. The molecule has 1 aliphatic rings. The molecule has 0 aromatic carbocycles. The number of hydrogen-bond acceptors (Lipinski definition) is 4. The van der Waals surface area contributed by atoms with Crippen LogP contribution in [0.25, 0.3) is 0 Å². The van der Waals surface area contributed by atoms with Gasteiger partial charge in [0.2, 0.25) is 0 Å². The lowest BCUT2D eigenvalue weighted by Crippen LogP contribution is -2.44. The second-order valence-corrected chi connectivity index (χ2v) is 7.24. The molecule has 0 aliphatic carbocycles. The highest BCUT2D eigenvalue weighted by Crippen LogP contribution is 2.16. The van der Waals surface area contributed by atoms with Crippen molar-refractivity contribution in [2.45, 2.75) is 18.9 Å². The van der Waals surface area contributed by atoms with Crippen LogP contribution in [0.1, 0.15) is 12.0 Å². The van der Waals surface area contributed by atoms with Crippen molar-refractivity contribution in [3.63, 3.8) is 0 Å². The molecule has 2 amide bonds. The fourth-order valence-electron chi connectivity index (χ4n) is 2.23. The molecule has 2 rings (SSSR count). The molecule has 0 saturated carbocycles. The summed E-state index contributed by atoms with van der Waals surface area (Å²) in [5.74, 6) is 0.241. The van der Waals surface area contributed by atoms with E-state index in [2.05, 4.69) is 10.3 Å². The number of nitrogens with zero attached hydrogens (tertiary/aromatic N) is 2. The fourth-order valence-corrected chi connectivity index (χ4v) is 4.01. The van der Waals surface area contributed by atoms with E-state index in [0.717, 1.165) is 5.56 Å². The molecule has 1 N–H and O–H groups in total. The van der Waals surface area contributed by atoms with Gasteiger partial charge < -0.3 is 10.2 Å². The van der Waals surface area contributed by atoms with Gasteiger partial charge >= 0.3 is 6.03 Å². The minimum Gasteiger partial charge on any atom is -0.338 e. The van der Waals surface area contributed by atoms with Crippen LogP contribution < -0.4 is 5.32 Å². The summed E-state index contributed by atoms with van der Waals surface area (Å²) in [7, 11) is -1.32. The Kier molecular flexibility index (Phi) is 4.59. The maximum absolute atomic E-state index is 11.9. The van der Waals surface area contributed by atoms with Crippen molar-refractivity contribution in [2.75, 3.05) is 25.1 Å². The van der Waals surface area contributed by atoms with Crippen LogP contribution in [0.3, 0.4) is 0 Å². The lowest BCUT2D eigenvalue weighted by Gasteiger charge is -2.23. The van der Waals surface area contributed by atoms with Crippen molar-refractivity contribution < 1.29 is 13.2 Å². The number of rotatable bonds is 4. The number of pyridine rings is 1. The highest BCUT2D eigenvalue weighted by Gasteiger charge is 2.32. The van der Waals surface area contributed by atoms with Crippen LogP contribution >= 0.6 is 0 Å². The molecule has 1 aromatic heterocycles. The average molecular weight is 297 g/mol. The molecule has 0 spiro atoms. The van der Waals surface area contributed by atoms with E-state index < -0.39 is 9.84 Å². The molecule has 0 bridgehead atoms. The van der Waals surface area contributed by atoms with Crippen molar-refractivity contribution >= 4 is 15.9 Å². The van der Waals surface area contributed by atoms with Crippen molar-refractivity contribution in [2.24, 2.45) is 0 Å². The largest absolute Gasteiger partial charge is 0.338 e. The first-order valence-electron chi connectivity index (χ1n) is 6.58. The van der Waals surface area contributed by atoms with Crippen molar-refractivity contribution in [3.05, 3.63) is 30.1 Å². The number of urea groups is 1. The normalized spacial score (nSPS) is 20.6. The van der Waals surface area contributed by atoms with Gasteiger partial charge in [-0.3, -0.25) is 4.98 Å². The lowest BCUT2D eigenvalue weighted by atomic mass is 10.2. The first-order chi connectivity index (χ1) is 9.48. The molecule has 6 nitrogen and oxygen atoms in total. The smallest absolute Gasteiger partial charge is 0.317 e. The maximum atomic E-state index is 11.9. The summed E-state index contributed by atoms with van der Waals surface area (Å²) in [6.45, 7) is 0.508. The van der Waals surface area contributed by atoms with Gasteiger partial charge in [0.25, 0.3) is 0 Å². The van der Waals surface area contributed by atoms with E-state index in [4.69, 9.17) is 0 Å². The molecular weight excluding hydrogens is 278 g/mol. The second kappa shape index (κ2) is 6.21. The van der Waals surface area contributed by atoms with Crippen molar-refractivity contribution in [3.8, 4) is 0 Å². The summed E-state index contributed by atoms with van der Waals surface area (Å²) in [4.78, 5) is 17.4. The van der Waals surface area contributed by atoms with Gasteiger partial charge in [-0.2, -0.15) is 0 Å². The van der Waals surface area contributed by atoms with Crippen LogP contribution in [-0.4, -0.2) is 55.5 Å². The third kappa shape index (κ3) is 3.93. The lowest BCUT2D eigenvalue weighted by molar-refractivity contribution is 0.195. The Labute approximate surface area is 119 Å². The molecule has 1 aliphatic heterocycles. The summed E-state index contributed by atoms with van der Waals surface area (Å²) >= 11 is 0. The Morgan fingerprint density at radius 3 is 2.95 bits per heavy atom. The van der Waals surface area contributed by atoms with E-state index in [0.29, 0.717) is 19.4 Å². The van der Waals surface area contributed by atoms with Gasteiger partial charge in [0, 0.05) is 32.0 Å². The number of aromatic nitrogens is 1. The van der Waals surface area contributed by atoms with E-state index in [9.17, 15) is 13.2 Å². The van der Waals surface area contributed by atoms with E-state index in [1.165, 1.54) is 4.90 Å². The quantitative estimate of drug-likeness (QED) is 0.875.